The van der Waals surface area contributed by atoms with Crippen molar-refractivity contribution in [1.29, 1.82) is 0 Å². The molecule has 0 aromatic carbocycles. The maximum Gasteiger partial charge on any atom is 0.354 e. The molecular formula is C11H21O5P. The quantitative estimate of drug-likeness (QED) is 0.277. The molecule has 17 heavy (non-hydrogen) atoms. The zero-order chi connectivity index (χ0) is 13.1. The summed E-state index contributed by atoms with van der Waals surface area (Å²) in [5, 5.41) is 0. The van der Waals surface area contributed by atoms with Gasteiger partial charge in [-0.25, -0.2) is 4.79 Å². The van der Waals surface area contributed by atoms with Gasteiger partial charge in [0.15, 0.2) is 0 Å². The van der Waals surface area contributed by atoms with E-state index in [-0.39, 0.29) is 13.2 Å². The van der Waals surface area contributed by atoms with Crippen LogP contribution in [0.3, 0.4) is 0 Å². The first-order valence-electron chi connectivity index (χ1n) is 5.82. The molecule has 0 aromatic heterocycles. The second-order valence-electron chi connectivity index (χ2n) is 3.21. The van der Waals surface area contributed by atoms with Gasteiger partial charge in [0.25, 0.3) is 0 Å². The predicted octanol–water partition coefficient (Wildman–Crippen LogP) is 3.11. The van der Waals surface area contributed by atoms with Crippen molar-refractivity contribution < 1.29 is 23.1 Å². The molecule has 0 rings (SSSR count). The highest BCUT2D eigenvalue weighted by molar-refractivity contribution is 7.57. The molecule has 0 unspecified atom stereocenters. The Morgan fingerprint density at radius 2 is 1.76 bits per heavy atom. The van der Waals surface area contributed by atoms with Crippen LogP contribution in [0.4, 0.5) is 0 Å². The molecule has 0 aromatic rings. The minimum atomic E-state index is -3.29. The molecule has 0 saturated carbocycles. The lowest BCUT2D eigenvalue weighted by molar-refractivity contribution is -0.137. The van der Waals surface area contributed by atoms with Crippen molar-refractivity contribution in [3.63, 3.8) is 0 Å². The molecule has 0 atom stereocenters. The van der Waals surface area contributed by atoms with Gasteiger partial charge in [-0.15, -0.1) is 0 Å². The average molecular weight is 264 g/mol. The molecule has 0 amide bonds. The van der Waals surface area contributed by atoms with E-state index in [4.69, 9.17) is 13.8 Å². The Hall–Kier alpha value is -0.640. The van der Waals surface area contributed by atoms with Gasteiger partial charge in [-0.3, -0.25) is 4.57 Å². The van der Waals surface area contributed by atoms with Crippen LogP contribution in [0.1, 0.15) is 33.6 Å². The van der Waals surface area contributed by atoms with Gasteiger partial charge < -0.3 is 13.8 Å². The summed E-state index contributed by atoms with van der Waals surface area (Å²) < 4.78 is 26.8. The number of esters is 1. The molecule has 0 aliphatic rings. The number of hydrogen-bond acceptors (Lipinski definition) is 5. The zero-order valence-electron chi connectivity index (χ0n) is 10.7. The van der Waals surface area contributed by atoms with Crippen LogP contribution in [-0.4, -0.2) is 25.8 Å². The fourth-order valence-corrected chi connectivity index (χ4v) is 2.27. The lowest BCUT2D eigenvalue weighted by Gasteiger charge is -2.12. The van der Waals surface area contributed by atoms with Gasteiger partial charge in [0, 0.05) is 11.9 Å². The monoisotopic (exact) mass is 264 g/mol. The first-order chi connectivity index (χ1) is 8.08. The minimum Gasteiger partial charge on any atom is -0.463 e. The van der Waals surface area contributed by atoms with Crippen molar-refractivity contribution >= 4 is 13.6 Å². The SMILES string of the molecule is CCCCOC(=O)/C=C/P(=O)(OCC)OCC. The second-order valence-corrected chi connectivity index (χ2v) is 5.11. The first-order valence-corrected chi connectivity index (χ1v) is 7.44. The van der Waals surface area contributed by atoms with E-state index in [2.05, 4.69) is 0 Å². The van der Waals surface area contributed by atoms with E-state index in [0.717, 1.165) is 24.7 Å². The van der Waals surface area contributed by atoms with E-state index in [1.165, 1.54) is 0 Å². The third-order valence-electron chi connectivity index (χ3n) is 1.75. The molecular weight excluding hydrogens is 243 g/mol. The molecule has 0 radical (unpaired) electrons. The third-order valence-corrected chi connectivity index (χ3v) is 3.50. The van der Waals surface area contributed by atoms with Crippen LogP contribution >= 0.6 is 7.60 Å². The Balaban J connectivity index is 4.24. The Labute approximate surface area is 103 Å². The van der Waals surface area contributed by atoms with Crippen LogP contribution in [0, 0.1) is 0 Å². The molecule has 6 heteroatoms. The van der Waals surface area contributed by atoms with Gasteiger partial charge in [-0.1, -0.05) is 13.3 Å². The fraction of sp³-hybridized carbons (Fsp3) is 0.727. The van der Waals surface area contributed by atoms with E-state index in [1.54, 1.807) is 13.8 Å². The smallest absolute Gasteiger partial charge is 0.354 e. The highest BCUT2D eigenvalue weighted by Crippen LogP contribution is 2.49. The molecule has 0 aliphatic heterocycles. The fourth-order valence-electron chi connectivity index (χ4n) is 1.00. The van der Waals surface area contributed by atoms with E-state index >= 15 is 0 Å². The normalized spacial score (nSPS) is 11.9. The van der Waals surface area contributed by atoms with Crippen molar-refractivity contribution in [1.82, 2.24) is 0 Å². The molecule has 0 aliphatic carbocycles. The highest BCUT2D eigenvalue weighted by Gasteiger charge is 2.19. The van der Waals surface area contributed by atoms with Crippen molar-refractivity contribution in [2.24, 2.45) is 0 Å². The molecule has 100 valence electrons. The molecule has 0 heterocycles. The Kier molecular flexibility index (Phi) is 9.04. The minimum absolute atomic E-state index is 0.256. The highest BCUT2D eigenvalue weighted by atomic mass is 31.2. The van der Waals surface area contributed by atoms with Crippen LogP contribution in [0.5, 0.6) is 0 Å². The topological polar surface area (TPSA) is 61.8 Å². The number of unbranched alkanes of at least 4 members (excludes halogenated alkanes) is 1. The van der Waals surface area contributed by atoms with Gasteiger partial charge in [0.2, 0.25) is 0 Å². The Bertz CT molecular complexity index is 278. The third kappa shape index (κ3) is 8.13. The van der Waals surface area contributed by atoms with E-state index < -0.39 is 13.6 Å². The van der Waals surface area contributed by atoms with Crippen LogP contribution in [0.25, 0.3) is 0 Å². The summed E-state index contributed by atoms with van der Waals surface area (Å²) in [7, 11) is -3.29. The standard InChI is InChI=1S/C11H21O5P/c1-4-7-9-14-11(12)8-10-17(13,15-5-2)16-6-3/h8,10H,4-7,9H2,1-3H3/b10-8+. The van der Waals surface area contributed by atoms with Gasteiger partial charge in [0.1, 0.15) is 0 Å². The van der Waals surface area contributed by atoms with Gasteiger partial charge in [0.05, 0.1) is 19.8 Å². The van der Waals surface area contributed by atoms with Crippen LogP contribution < -0.4 is 0 Å². The van der Waals surface area contributed by atoms with Gasteiger partial charge in [-0.05, 0) is 20.3 Å². The van der Waals surface area contributed by atoms with E-state index in [1.807, 2.05) is 6.92 Å². The lowest BCUT2D eigenvalue weighted by atomic mass is 10.4. The summed E-state index contributed by atoms with van der Waals surface area (Å²) in [6.45, 7) is 6.30. The second kappa shape index (κ2) is 9.40. The number of hydrogen-bond donors (Lipinski definition) is 0. The summed E-state index contributed by atoms with van der Waals surface area (Å²) in [4.78, 5) is 11.2. The predicted molar refractivity (Wildman–Crippen MR) is 65.9 cm³/mol. The summed E-state index contributed by atoms with van der Waals surface area (Å²) in [5.74, 6) is 0.618. The van der Waals surface area contributed by atoms with Crippen molar-refractivity contribution in [3.8, 4) is 0 Å². The van der Waals surface area contributed by atoms with Crippen LogP contribution in [0.2, 0.25) is 0 Å². The number of rotatable bonds is 9. The molecule has 5 nitrogen and oxygen atoms in total. The summed E-state index contributed by atoms with van der Waals surface area (Å²) in [6, 6.07) is 0. The summed E-state index contributed by atoms with van der Waals surface area (Å²) in [6.07, 6.45) is 2.86. The Morgan fingerprint density at radius 3 is 2.24 bits per heavy atom. The number of ether oxygens (including phenoxy) is 1. The maximum absolute atomic E-state index is 11.9. The molecule has 0 bridgehead atoms. The zero-order valence-corrected chi connectivity index (χ0v) is 11.6. The van der Waals surface area contributed by atoms with Crippen molar-refractivity contribution in [3.05, 3.63) is 11.9 Å². The molecule has 0 fully saturated rings. The number of carbonyl (C=O) groups is 1. The molecule has 0 spiro atoms. The first kappa shape index (κ1) is 16.4. The van der Waals surface area contributed by atoms with Crippen LogP contribution in [-0.2, 0) is 23.1 Å². The molecule has 0 N–H and O–H groups in total. The maximum atomic E-state index is 11.9. The number of carbonyl (C=O) groups excluding carboxylic acids is 1. The van der Waals surface area contributed by atoms with Crippen LogP contribution in [0.15, 0.2) is 11.9 Å². The summed E-state index contributed by atoms with van der Waals surface area (Å²) in [5.41, 5.74) is 0. The van der Waals surface area contributed by atoms with Gasteiger partial charge in [-0.2, -0.15) is 0 Å². The molecule has 0 saturated heterocycles. The van der Waals surface area contributed by atoms with E-state index in [9.17, 15) is 9.36 Å². The average Bonchev–Trinajstić information content (AvgIpc) is 2.28. The van der Waals surface area contributed by atoms with Gasteiger partial charge >= 0.3 is 13.6 Å². The largest absolute Gasteiger partial charge is 0.463 e. The Morgan fingerprint density at radius 1 is 1.18 bits per heavy atom. The van der Waals surface area contributed by atoms with E-state index in [0.29, 0.717) is 6.61 Å². The summed E-state index contributed by atoms with van der Waals surface area (Å²) >= 11 is 0. The van der Waals surface area contributed by atoms with Crippen molar-refractivity contribution in [2.75, 3.05) is 19.8 Å². The lowest BCUT2D eigenvalue weighted by Crippen LogP contribution is -2.02. The van der Waals surface area contributed by atoms with Crippen molar-refractivity contribution in [2.45, 2.75) is 33.6 Å².